The van der Waals surface area contributed by atoms with Crippen LogP contribution in [0.15, 0.2) is 88.5 Å². The van der Waals surface area contributed by atoms with E-state index in [-0.39, 0.29) is 22.8 Å². The quantitative estimate of drug-likeness (QED) is 0.378. The molecule has 0 fully saturated rings. The Hall–Kier alpha value is -4.10. The number of aliphatic hydroxyl groups excluding tert-OH is 1. The van der Waals surface area contributed by atoms with Crippen LogP contribution in [0.25, 0.3) is 11.0 Å². The number of furan rings is 1. The van der Waals surface area contributed by atoms with Gasteiger partial charge in [0.2, 0.25) is 5.78 Å². The number of phenolic OH excluding ortho intramolecular Hbond substituents is 1. The average Bonchev–Trinajstić information content (AvgIpc) is 3.33. The molecular weight excluding hydrogens is 449 g/mol. The molecule has 2 N–H and O–H groups in total. The molecule has 1 aliphatic heterocycles. The number of benzene rings is 3. The summed E-state index contributed by atoms with van der Waals surface area (Å²) in [5, 5.41) is 21.5. The van der Waals surface area contributed by atoms with E-state index in [1.807, 2.05) is 0 Å². The third-order valence-electron chi connectivity index (χ3n) is 5.47. The van der Waals surface area contributed by atoms with E-state index in [4.69, 9.17) is 16.0 Å². The van der Waals surface area contributed by atoms with Gasteiger partial charge in [-0.25, -0.2) is 4.39 Å². The smallest absolute Gasteiger partial charge is 0.294 e. The van der Waals surface area contributed by atoms with Crippen molar-refractivity contribution >= 4 is 39.9 Å². The van der Waals surface area contributed by atoms with E-state index < -0.39 is 29.3 Å². The van der Waals surface area contributed by atoms with Crippen LogP contribution in [-0.4, -0.2) is 21.9 Å². The van der Waals surface area contributed by atoms with Gasteiger partial charge in [0.05, 0.1) is 11.6 Å². The van der Waals surface area contributed by atoms with Crippen LogP contribution in [0, 0.1) is 5.82 Å². The highest BCUT2D eigenvalue weighted by molar-refractivity contribution is 6.31. The highest BCUT2D eigenvalue weighted by atomic mass is 35.5. The summed E-state index contributed by atoms with van der Waals surface area (Å²) in [5.74, 6) is -2.82. The Morgan fingerprint density at radius 1 is 0.970 bits per heavy atom. The van der Waals surface area contributed by atoms with Crippen LogP contribution in [-0.2, 0) is 4.79 Å². The van der Waals surface area contributed by atoms with E-state index >= 15 is 0 Å². The number of fused-ring (bicyclic) bond motifs is 1. The first-order chi connectivity index (χ1) is 15.8. The average molecular weight is 464 g/mol. The minimum atomic E-state index is -1.03. The molecule has 1 unspecified atom stereocenters. The summed E-state index contributed by atoms with van der Waals surface area (Å²) in [6, 6.07) is 16.3. The van der Waals surface area contributed by atoms with Gasteiger partial charge in [-0.1, -0.05) is 23.7 Å². The van der Waals surface area contributed by atoms with Gasteiger partial charge in [-0.15, -0.1) is 0 Å². The molecule has 1 aromatic heterocycles. The molecule has 0 spiro atoms. The third-order valence-corrected chi connectivity index (χ3v) is 5.70. The van der Waals surface area contributed by atoms with Gasteiger partial charge in [0.1, 0.15) is 17.1 Å². The number of halogens is 2. The maximum atomic E-state index is 13.5. The molecule has 0 bridgehead atoms. The Morgan fingerprint density at radius 3 is 2.36 bits per heavy atom. The largest absolute Gasteiger partial charge is 0.508 e. The summed E-state index contributed by atoms with van der Waals surface area (Å²) < 4.78 is 19.2. The Kier molecular flexibility index (Phi) is 4.91. The lowest BCUT2D eigenvalue weighted by molar-refractivity contribution is -0.117. The van der Waals surface area contributed by atoms with E-state index in [9.17, 15) is 24.2 Å². The fourth-order valence-electron chi connectivity index (χ4n) is 3.94. The Labute approximate surface area is 191 Å². The molecule has 0 radical (unpaired) electrons. The number of aromatic hydroxyl groups is 1. The fraction of sp³-hybridized carbons (Fsp3) is 0.0400. The number of ketones is 1. The van der Waals surface area contributed by atoms with E-state index in [1.54, 1.807) is 18.2 Å². The van der Waals surface area contributed by atoms with E-state index in [1.165, 1.54) is 59.5 Å². The standard InChI is InChI=1S/C25H15ClFNO5/c26-15-3-10-19-14(11-15)12-20(33-19)23(30)21-22(13-1-8-18(29)9-2-13)28(25(32)24(21)31)17-6-4-16(27)5-7-17/h1-12,22,29,31H. The molecule has 3 aromatic carbocycles. The van der Waals surface area contributed by atoms with Crippen LogP contribution < -0.4 is 4.90 Å². The van der Waals surface area contributed by atoms with Gasteiger partial charge in [0.25, 0.3) is 5.91 Å². The number of aliphatic hydroxyl groups is 1. The third kappa shape index (κ3) is 3.52. The second kappa shape index (κ2) is 7.79. The molecule has 1 atom stereocenters. The number of anilines is 1. The normalized spacial score (nSPS) is 16.1. The summed E-state index contributed by atoms with van der Waals surface area (Å²) in [7, 11) is 0. The molecule has 2 heterocycles. The Balaban J connectivity index is 1.65. The first kappa shape index (κ1) is 20.8. The van der Waals surface area contributed by atoms with Gasteiger partial charge in [0.15, 0.2) is 11.5 Å². The van der Waals surface area contributed by atoms with Crippen molar-refractivity contribution in [3.05, 3.63) is 106 Å². The van der Waals surface area contributed by atoms with Gasteiger partial charge in [-0.2, -0.15) is 0 Å². The summed E-state index contributed by atoms with van der Waals surface area (Å²) >= 11 is 6.02. The van der Waals surface area contributed by atoms with Crippen molar-refractivity contribution in [1.82, 2.24) is 0 Å². The highest BCUT2D eigenvalue weighted by Crippen LogP contribution is 2.42. The lowest BCUT2D eigenvalue weighted by atomic mass is 9.94. The van der Waals surface area contributed by atoms with Crippen LogP contribution in [0.2, 0.25) is 5.02 Å². The monoisotopic (exact) mass is 463 g/mol. The van der Waals surface area contributed by atoms with Gasteiger partial charge in [-0.05, 0) is 66.2 Å². The molecule has 164 valence electrons. The molecule has 5 rings (SSSR count). The van der Waals surface area contributed by atoms with Crippen molar-refractivity contribution in [3.8, 4) is 5.75 Å². The zero-order chi connectivity index (χ0) is 23.3. The highest BCUT2D eigenvalue weighted by Gasteiger charge is 2.45. The molecule has 0 saturated carbocycles. The van der Waals surface area contributed by atoms with Crippen molar-refractivity contribution in [2.75, 3.05) is 4.90 Å². The predicted molar refractivity (Wildman–Crippen MR) is 120 cm³/mol. The van der Waals surface area contributed by atoms with Gasteiger partial charge >= 0.3 is 0 Å². The van der Waals surface area contributed by atoms with Crippen LogP contribution in [0.4, 0.5) is 10.1 Å². The van der Waals surface area contributed by atoms with Crippen molar-refractivity contribution in [1.29, 1.82) is 0 Å². The summed E-state index contributed by atoms with van der Waals surface area (Å²) in [4.78, 5) is 27.8. The summed E-state index contributed by atoms with van der Waals surface area (Å²) in [6.07, 6.45) is 0. The van der Waals surface area contributed by atoms with Crippen molar-refractivity contribution in [3.63, 3.8) is 0 Å². The van der Waals surface area contributed by atoms with Crippen molar-refractivity contribution in [2.45, 2.75) is 6.04 Å². The Bertz CT molecular complexity index is 1440. The van der Waals surface area contributed by atoms with E-state index in [0.717, 1.165) is 0 Å². The van der Waals surface area contributed by atoms with E-state index in [2.05, 4.69) is 0 Å². The maximum absolute atomic E-state index is 13.5. The first-order valence-electron chi connectivity index (χ1n) is 9.88. The van der Waals surface area contributed by atoms with Crippen LogP contribution >= 0.6 is 11.6 Å². The van der Waals surface area contributed by atoms with Crippen LogP contribution in [0.5, 0.6) is 5.75 Å². The number of rotatable bonds is 4. The van der Waals surface area contributed by atoms with Gasteiger partial charge in [0, 0.05) is 16.1 Å². The maximum Gasteiger partial charge on any atom is 0.294 e. The minimum absolute atomic E-state index is 0.00773. The van der Waals surface area contributed by atoms with Crippen LogP contribution in [0.3, 0.4) is 0 Å². The number of carbonyl (C=O) groups excluding carboxylic acids is 2. The van der Waals surface area contributed by atoms with Crippen molar-refractivity contribution < 1.29 is 28.6 Å². The lowest BCUT2D eigenvalue weighted by Crippen LogP contribution is -2.31. The van der Waals surface area contributed by atoms with E-state index in [0.29, 0.717) is 21.6 Å². The molecule has 6 nitrogen and oxygen atoms in total. The number of hydrogen-bond acceptors (Lipinski definition) is 5. The lowest BCUT2D eigenvalue weighted by Gasteiger charge is -2.26. The zero-order valence-electron chi connectivity index (χ0n) is 16.8. The predicted octanol–water partition coefficient (Wildman–Crippen LogP) is 5.71. The second-order valence-corrected chi connectivity index (χ2v) is 7.97. The molecule has 1 aliphatic rings. The zero-order valence-corrected chi connectivity index (χ0v) is 17.6. The number of amides is 1. The molecule has 8 heteroatoms. The van der Waals surface area contributed by atoms with Crippen molar-refractivity contribution in [2.24, 2.45) is 0 Å². The molecule has 0 saturated heterocycles. The van der Waals surface area contributed by atoms with Crippen LogP contribution in [0.1, 0.15) is 22.2 Å². The minimum Gasteiger partial charge on any atom is -0.508 e. The SMILES string of the molecule is O=C(C1=C(O)C(=O)N(c2ccc(F)cc2)C1c1ccc(O)cc1)c1cc2cc(Cl)ccc2o1. The number of Topliss-reactive ketones (excluding diaryl/α,β-unsaturated/α-hetero) is 1. The second-order valence-electron chi connectivity index (χ2n) is 7.53. The fourth-order valence-corrected chi connectivity index (χ4v) is 4.12. The number of nitrogens with zero attached hydrogens (tertiary/aromatic N) is 1. The first-order valence-corrected chi connectivity index (χ1v) is 10.3. The topological polar surface area (TPSA) is 91.0 Å². The Morgan fingerprint density at radius 2 is 1.67 bits per heavy atom. The number of hydrogen-bond donors (Lipinski definition) is 2. The molecule has 4 aromatic rings. The number of carbonyl (C=O) groups is 2. The molecular formula is C25H15ClFNO5. The molecule has 33 heavy (non-hydrogen) atoms. The van der Waals surface area contributed by atoms with Gasteiger partial charge in [-0.3, -0.25) is 14.5 Å². The summed E-state index contributed by atoms with van der Waals surface area (Å²) in [6.45, 7) is 0. The molecule has 1 amide bonds. The summed E-state index contributed by atoms with van der Waals surface area (Å²) in [5.41, 5.74) is 0.964. The number of phenols is 1. The van der Waals surface area contributed by atoms with Gasteiger partial charge < -0.3 is 14.6 Å². The molecule has 0 aliphatic carbocycles.